The van der Waals surface area contributed by atoms with Crippen LogP contribution < -0.4 is 5.32 Å². The van der Waals surface area contributed by atoms with Crippen LogP contribution in [-0.4, -0.2) is 21.2 Å². The van der Waals surface area contributed by atoms with E-state index in [4.69, 9.17) is 0 Å². The summed E-state index contributed by atoms with van der Waals surface area (Å²) in [6, 6.07) is 14.6. The van der Waals surface area contributed by atoms with Crippen LogP contribution in [0.15, 0.2) is 73.3 Å². The first-order valence-corrected chi connectivity index (χ1v) is 7.80. The van der Waals surface area contributed by atoms with Crippen LogP contribution in [0.5, 0.6) is 0 Å². The number of carbonyl (C=O) groups excluding carboxylic acids is 2. The number of nitrogens with one attached hydrogen (secondary N) is 1. The van der Waals surface area contributed by atoms with E-state index in [2.05, 4.69) is 10.3 Å². The second-order valence-corrected chi connectivity index (χ2v) is 5.52. The van der Waals surface area contributed by atoms with E-state index in [9.17, 15) is 9.59 Å². The normalized spacial score (nSPS) is 10.8. The number of nitrogens with zero attached hydrogens (tertiary/aromatic N) is 2. The van der Waals surface area contributed by atoms with Crippen molar-refractivity contribution in [3.05, 3.63) is 84.5 Å². The SMILES string of the molecule is CC(=O)Nc1ccc(/C=C/C(=O)c2ccc(-n3ccnc3)cc2)cc1. The molecule has 0 saturated heterocycles. The summed E-state index contributed by atoms with van der Waals surface area (Å²) in [5, 5.41) is 2.70. The van der Waals surface area contributed by atoms with Crippen molar-refractivity contribution in [1.29, 1.82) is 0 Å². The number of allylic oxidation sites excluding steroid dienone is 1. The molecule has 0 aliphatic heterocycles. The van der Waals surface area contributed by atoms with Crippen LogP contribution in [-0.2, 0) is 4.79 Å². The molecule has 1 heterocycles. The number of amides is 1. The van der Waals surface area contributed by atoms with Crippen molar-refractivity contribution < 1.29 is 9.59 Å². The molecule has 3 rings (SSSR count). The van der Waals surface area contributed by atoms with Crippen LogP contribution in [0.4, 0.5) is 5.69 Å². The summed E-state index contributed by atoms with van der Waals surface area (Å²) < 4.78 is 1.88. The minimum Gasteiger partial charge on any atom is -0.326 e. The van der Waals surface area contributed by atoms with Gasteiger partial charge in [0.1, 0.15) is 0 Å². The first kappa shape index (κ1) is 16.4. The zero-order chi connectivity index (χ0) is 17.6. The van der Waals surface area contributed by atoms with Crippen LogP contribution in [0.25, 0.3) is 11.8 Å². The Morgan fingerprint density at radius 2 is 1.76 bits per heavy atom. The van der Waals surface area contributed by atoms with E-state index >= 15 is 0 Å². The van der Waals surface area contributed by atoms with E-state index in [0.717, 1.165) is 16.9 Å². The van der Waals surface area contributed by atoms with Crippen LogP contribution >= 0.6 is 0 Å². The average molecular weight is 331 g/mol. The monoisotopic (exact) mass is 331 g/mol. The highest BCUT2D eigenvalue weighted by atomic mass is 16.1. The molecule has 1 aromatic heterocycles. The van der Waals surface area contributed by atoms with Gasteiger partial charge in [0.2, 0.25) is 5.91 Å². The quantitative estimate of drug-likeness (QED) is 0.572. The highest BCUT2D eigenvalue weighted by Crippen LogP contribution is 2.13. The molecule has 0 saturated carbocycles. The van der Waals surface area contributed by atoms with E-state index in [1.807, 2.05) is 35.0 Å². The number of hydrogen-bond donors (Lipinski definition) is 1. The van der Waals surface area contributed by atoms with E-state index in [1.165, 1.54) is 6.92 Å². The highest BCUT2D eigenvalue weighted by Gasteiger charge is 2.03. The molecule has 25 heavy (non-hydrogen) atoms. The third-order valence-corrected chi connectivity index (χ3v) is 3.61. The predicted molar refractivity (Wildman–Crippen MR) is 97.7 cm³/mol. The number of benzene rings is 2. The number of aromatic nitrogens is 2. The fourth-order valence-electron chi connectivity index (χ4n) is 2.36. The predicted octanol–water partition coefficient (Wildman–Crippen LogP) is 3.73. The fraction of sp³-hybridized carbons (Fsp3) is 0.0500. The number of ketones is 1. The van der Waals surface area contributed by atoms with Crippen molar-refractivity contribution in [2.45, 2.75) is 6.92 Å². The molecule has 5 heteroatoms. The van der Waals surface area contributed by atoms with Gasteiger partial charge in [-0.2, -0.15) is 0 Å². The van der Waals surface area contributed by atoms with Gasteiger partial charge in [0, 0.05) is 36.3 Å². The minimum absolute atomic E-state index is 0.0666. The molecule has 0 spiro atoms. The second kappa shape index (κ2) is 7.40. The molecular formula is C20H17N3O2. The molecule has 1 N–H and O–H groups in total. The van der Waals surface area contributed by atoms with Crippen molar-refractivity contribution in [2.24, 2.45) is 0 Å². The molecule has 0 radical (unpaired) electrons. The average Bonchev–Trinajstić information content (AvgIpc) is 3.15. The molecular weight excluding hydrogens is 314 g/mol. The van der Waals surface area contributed by atoms with Gasteiger partial charge in [-0.3, -0.25) is 9.59 Å². The fourth-order valence-corrected chi connectivity index (χ4v) is 2.36. The minimum atomic E-state index is -0.113. The topological polar surface area (TPSA) is 64.0 Å². The molecule has 0 bridgehead atoms. The van der Waals surface area contributed by atoms with Gasteiger partial charge in [0.05, 0.1) is 6.33 Å². The smallest absolute Gasteiger partial charge is 0.221 e. The van der Waals surface area contributed by atoms with Gasteiger partial charge in [0.15, 0.2) is 5.78 Å². The van der Waals surface area contributed by atoms with E-state index in [-0.39, 0.29) is 11.7 Å². The Hall–Kier alpha value is -3.47. The Kier molecular flexibility index (Phi) is 4.85. The van der Waals surface area contributed by atoms with Crippen molar-refractivity contribution in [3.63, 3.8) is 0 Å². The molecule has 2 aromatic carbocycles. The first-order chi connectivity index (χ1) is 12.1. The van der Waals surface area contributed by atoms with Crippen molar-refractivity contribution in [2.75, 3.05) is 5.32 Å². The molecule has 5 nitrogen and oxygen atoms in total. The van der Waals surface area contributed by atoms with Crippen molar-refractivity contribution in [3.8, 4) is 5.69 Å². The highest BCUT2D eigenvalue weighted by molar-refractivity contribution is 6.06. The lowest BCUT2D eigenvalue weighted by Gasteiger charge is -2.03. The third-order valence-electron chi connectivity index (χ3n) is 3.61. The number of imidazole rings is 1. The van der Waals surface area contributed by atoms with Gasteiger partial charge >= 0.3 is 0 Å². The largest absolute Gasteiger partial charge is 0.326 e. The first-order valence-electron chi connectivity index (χ1n) is 7.80. The van der Waals surface area contributed by atoms with Gasteiger partial charge in [-0.15, -0.1) is 0 Å². The Morgan fingerprint density at radius 3 is 2.36 bits per heavy atom. The Balaban J connectivity index is 1.67. The van der Waals surface area contributed by atoms with Gasteiger partial charge in [-0.25, -0.2) is 4.98 Å². The molecule has 124 valence electrons. The molecule has 1 amide bonds. The van der Waals surface area contributed by atoms with E-state index in [1.54, 1.807) is 48.9 Å². The van der Waals surface area contributed by atoms with Gasteiger partial charge < -0.3 is 9.88 Å². The Labute approximate surface area is 145 Å². The van der Waals surface area contributed by atoms with Gasteiger partial charge in [0.25, 0.3) is 0 Å². The van der Waals surface area contributed by atoms with Gasteiger partial charge in [-0.1, -0.05) is 18.2 Å². The lowest BCUT2D eigenvalue weighted by atomic mass is 10.1. The van der Waals surface area contributed by atoms with Crippen LogP contribution in [0, 0.1) is 0 Å². The molecule has 0 unspecified atom stereocenters. The standard InChI is InChI=1S/C20H17N3O2/c1-15(24)22-18-7-2-16(3-8-18)4-11-20(25)17-5-9-19(10-6-17)23-13-12-21-14-23/h2-14H,1H3,(H,22,24)/b11-4+. The van der Waals surface area contributed by atoms with Gasteiger partial charge in [-0.05, 0) is 48.0 Å². The van der Waals surface area contributed by atoms with E-state index in [0.29, 0.717) is 5.56 Å². The van der Waals surface area contributed by atoms with Crippen LogP contribution in [0.1, 0.15) is 22.8 Å². The summed E-state index contributed by atoms with van der Waals surface area (Å²) in [6.07, 6.45) is 8.56. The van der Waals surface area contributed by atoms with Crippen molar-refractivity contribution in [1.82, 2.24) is 9.55 Å². The molecule has 3 aromatic rings. The van der Waals surface area contributed by atoms with Crippen molar-refractivity contribution >= 4 is 23.5 Å². The molecule has 0 aliphatic carbocycles. The Bertz CT molecular complexity index is 893. The summed E-state index contributed by atoms with van der Waals surface area (Å²) in [5.74, 6) is -0.180. The molecule has 0 aliphatic rings. The zero-order valence-electron chi connectivity index (χ0n) is 13.7. The maximum absolute atomic E-state index is 12.3. The zero-order valence-corrected chi connectivity index (χ0v) is 13.7. The van der Waals surface area contributed by atoms with E-state index < -0.39 is 0 Å². The summed E-state index contributed by atoms with van der Waals surface area (Å²) >= 11 is 0. The van der Waals surface area contributed by atoms with Crippen LogP contribution in [0.3, 0.4) is 0 Å². The Morgan fingerprint density at radius 1 is 1.04 bits per heavy atom. The summed E-state index contributed by atoms with van der Waals surface area (Å²) in [6.45, 7) is 1.46. The molecule has 0 fully saturated rings. The summed E-state index contributed by atoms with van der Waals surface area (Å²) in [5.41, 5.74) is 3.19. The summed E-state index contributed by atoms with van der Waals surface area (Å²) in [4.78, 5) is 27.3. The summed E-state index contributed by atoms with van der Waals surface area (Å²) in [7, 11) is 0. The molecule has 0 atom stereocenters. The second-order valence-electron chi connectivity index (χ2n) is 5.52. The number of carbonyl (C=O) groups is 2. The number of hydrogen-bond acceptors (Lipinski definition) is 3. The third kappa shape index (κ3) is 4.29. The van der Waals surface area contributed by atoms with Crippen LogP contribution in [0.2, 0.25) is 0 Å². The number of rotatable bonds is 5. The maximum Gasteiger partial charge on any atom is 0.221 e. The lowest BCUT2D eigenvalue weighted by molar-refractivity contribution is -0.114. The number of anilines is 1. The maximum atomic E-state index is 12.3. The lowest BCUT2D eigenvalue weighted by Crippen LogP contribution is -2.05.